The molecule has 1 atom stereocenters. The summed E-state index contributed by atoms with van der Waals surface area (Å²) in [7, 11) is 0. The first-order valence-electron chi connectivity index (χ1n) is 10.2. The Kier molecular flexibility index (Phi) is 5.69. The molecule has 2 amide bonds. The summed E-state index contributed by atoms with van der Waals surface area (Å²) < 4.78 is 1.72. The molecule has 2 aromatic rings. The van der Waals surface area contributed by atoms with Crippen LogP contribution < -0.4 is 0 Å². The van der Waals surface area contributed by atoms with E-state index >= 15 is 0 Å². The van der Waals surface area contributed by atoms with E-state index in [1.165, 1.54) is 12.0 Å². The van der Waals surface area contributed by atoms with Crippen LogP contribution in [-0.4, -0.2) is 62.8 Å². The fraction of sp³-hybridized carbons (Fsp3) is 0.524. The van der Waals surface area contributed by atoms with E-state index < -0.39 is 0 Å². The Morgan fingerprint density at radius 2 is 1.89 bits per heavy atom. The molecular formula is C21H27N5O2. The van der Waals surface area contributed by atoms with Crippen LogP contribution >= 0.6 is 0 Å². The zero-order valence-electron chi connectivity index (χ0n) is 16.2. The minimum absolute atomic E-state index is 0.0297. The van der Waals surface area contributed by atoms with Gasteiger partial charge in [-0.3, -0.25) is 14.3 Å². The third-order valence-electron chi connectivity index (χ3n) is 5.65. The lowest BCUT2D eigenvalue weighted by molar-refractivity contribution is -0.127. The predicted molar refractivity (Wildman–Crippen MR) is 105 cm³/mol. The molecule has 1 aromatic heterocycles. The fourth-order valence-corrected chi connectivity index (χ4v) is 4.11. The maximum absolute atomic E-state index is 12.5. The van der Waals surface area contributed by atoms with Crippen LogP contribution in [0, 0.1) is 5.92 Å². The lowest BCUT2D eigenvalue weighted by Crippen LogP contribution is -2.35. The summed E-state index contributed by atoms with van der Waals surface area (Å²) in [5.41, 5.74) is 1.66. The van der Waals surface area contributed by atoms with Crippen molar-refractivity contribution in [2.24, 2.45) is 5.92 Å². The molecule has 148 valence electrons. The topological polar surface area (TPSA) is 71.3 Å². The molecular weight excluding hydrogens is 354 g/mol. The maximum Gasteiger partial charge on any atom is 0.276 e. The molecule has 3 heterocycles. The van der Waals surface area contributed by atoms with Gasteiger partial charge >= 0.3 is 0 Å². The van der Waals surface area contributed by atoms with Crippen molar-refractivity contribution in [3.8, 4) is 0 Å². The number of hydrogen-bond donors (Lipinski definition) is 0. The van der Waals surface area contributed by atoms with Gasteiger partial charge in [-0.25, -0.2) is 0 Å². The van der Waals surface area contributed by atoms with E-state index in [0.29, 0.717) is 18.7 Å². The average Bonchev–Trinajstić information content (AvgIpc) is 3.34. The zero-order valence-corrected chi connectivity index (χ0v) is 16.2. The maximum atomic E-state index is 12.5. The molecule has 0 aliphatic carbocycles. The zero-order chi connectivity index (χ0) is 19.3. The van der Waals surface area contributed by atoms with E-state index in [4.69, 9.17) is 0 Å². The largest absolute Gasteiger partial charge is 0.342 e. The van der Waals surface area contributed by atoms with E-state index in [9.17, 15) is 9.59 Å². The van der Waals surface area contributed by atoms with Crippen LogP contribution in [0.4, 0.5) is 0 Å². The first-order valence-corrected chi connectivity index (χ1v) is 10.2. The first-order chi connectivity index (χ1) is 13.7. The smallest absolute Gasteiger partial charge is 0.276 e. The second-order valence-electron chi connectivity index (χ2n) is 7.82. The van der Waals surface area contributed by atoms with Crippen LogP contribution in [0.3, 0.4) is 0 Å². The molecule has 7 nitrogen and oxygen atoms in total. The van der Waals surface area contributed by atoms with E-state index in [0.717, 1.165) is 45.4 Å². The third kappa shape index (κ3) is 4.40. The number of amides is 2. The lowest BCUT2D eigenvalue weighted by atomic mass is 10.1. The number of hydrogen-bond acceptors (Lipinski definition) is 4. The summed E-state index contributed by atoms with van der Waals surface area (Å²) in [5.74, 6) is 0.381. The molecule has 0 radical (unpaired) electrons. The molecule has 2 aliphatic rings. The van der Waals surface area contributed by atoms with Crippen molar-refractivity contribution < 1.29 is 9.59 Å². The van der Waals surface area contributed by atoms with E-state index in [-0.39, 0.29) is 17.7 Å². The fourth-order valence-electron chi connectivity index (χ4n) is 4.11. The van der Waals surface area contributed by atoms with Gasteiger partial charge in [0.1, 0.15) is 0 Å². The summed E-state index contributed by atoms with van der Waals surface area (Å²) in [5, 5.41) is 8.20. The number of rotatable bonds is 6. The van der Waals surface area contributed by atoms with Crippen LogP contribution in [0.1, 0.15) is 41.7 Å². The number of carbonyl (C=O) groups excluding carboxylic acids is 2. The number of nitrogens with zero attached hydrogens (tertiary/aromatic N) is 5. The van der Waals surface area contributed by atoms with Crippen molar-refractivity contribution >= 4 is 11.8 Å². The van der Waals surface area contributed by atoms with Gasteiger partial charge in [-0.1, -0.05) is 35.5 Å². The van der Waals surface area contributed by atoms with Crippen molar-refractivity contribution in [2.45, 2.75) is 38.6 Å². The SMILES string of the molecule is O=C1CC(Cn2cc(C(=O)N3CCCCC3)nn2)CN1CCc1ccccc1. The highest BCUT2D eigenvalue weighted by molar-refractivity contribution is 5.92. The molecule has 2 saturated heterocycles. The standard InChI is InChI=1S/C21H27N5O2/c27-20-13-18(14-25(20)12-9-17-7-3-1-4-8-17)15-26-16-19(22-23-26)21(28)24-10-5-2-6-11-24/h1,3-4,7-8,16,18H,2,5-6,9-15H2. The summed E-state index contributed by atoms with van der Waals surface area (Å²) in [4.78, 5) is 28.7. The van der Waals surface area contributed by atoms with Crippen LogP contribution in [0.5, 0.6) is 0 Å². The number of likely N-dealkylation sites (tertiary alicyclic amines) is 2. The van der Waals surface area contributed by atoms with Gasteiger partial charge in [-0.05, 0) is 31.2 Å². The van der Waals surface area contributed by atoms with Crippen LogP contribution in [0.2, 0.25) is 0 Å². The van der Waals surface area contributed by atoms with E-state index in [1.54, 1.807) is 10.9 Å². The number of piperidine rings is 1. The van der Waals surface area contributed by atoms with Gasteiger partial charge < -0.3 is 9.80 Å². The van der Waals surface area contributed by atoms with Crippen molar-refractivity contribution in [2.75, 3.05) is 26.2 Å². The summed E-state index contributed by atoms with van der Waals surface area (Å²) in [6, 6.07) is 10.2. The highest BCUT2D eigenvalue weighted by Crippen LogP contribution is 2.20. The van der Waals surface area contributed by atoms with Crippen molar-refractivity contribution in [1.82, 2.24) is 24.8 Å². The molecule has 0 spiro atoms. The predicted octanol–water partition coefficient (Wildman–Crippen LogP) is 2.00. The van der Waals surface area contributed by atoms with Gasteiger partial charge in [0.15, 0.2) is 5.69 Å². The first kappa shape index (κ1) is 18.7. The van der Waals surface area contributed by atoms with E-state index in [1.807, 2.05) is 28.0 Å². The number of benzene rings is 1. The Morgan fingerprint density at radius 3 is 2.68 bits per heavy atom. The second-order valence-corrected chi connectivity index (χ2v) is 7.82. The monoisotopic (exact) mass is 381 g/mol. The van der Waals surface area contributed by atoms with Crippen LogP contribution in [0.25, 0.3) is 0 Å². The highest BCUT2D eigenvalue weighted by Gasteiger charge is 2.30. The Morgan fingerprint density at radius 1 is 1.11 bits per heavy atom. The molecule has 7 heteroatoms. The summed E-state index contributed by atoms with van der Waals surface area (Å²) >= 11 is 0. The van der Waals surface area contributed by atoms with Crippen molar-refractivity contribution in [3.63, 3.8) is 0 Å². The molecule has 1 unspecified atom stereocenters. The summed E-state index contributed by atoms with van der Waals surface area (Å²) in [6.45, 7) is 3.71. The van der Waals surface area contributed by atoms with Gasteiger partial charge in [-0.15, -0.1) is 5.10 Å². The normalized spacial score (nSPS) is 20.0. The average molecular weight is 381 g/mol. The molecule has 0 bridgehead atoms. The van der Waals surface area contributed by atoms with Crippen LogP contribution in [0.15, 0.2) is 36.5 Å². The Hall–Kier alpha value is -2.70. The van der Waals surface area contributed by atoms with Gasteiger partial charge in [0.05, 0.1) is 6.20 Å². The molecule has 0 saturated carbocycles. The third-order valence-corrected chi connectivity index (χ3v) is 5.65. The van der Waals surface area contributed by atoms with E-state index in [2.05, 4.69) is 22.4 Å². The number of aromatic nitrogens is 3. The lowest BCUT2D eigenvalue weighted by Gasteiger charge is -2.25. The van der Waals surface area contributed by atoms with Gasteiger partial charge in [-0.2, -0.15) is 0 Å². The van der Waals surface area contributed by atoms with Crippen LogP contribution in [-0.2, 0) is 17.8 Å². The molecule has 28 heavy (non-hydrogen) atoms. The Bertz CT molecular complexity index is 813. The minimum atomic E-state index is -0.0297. The molecule has 4 rings (SSSR count). The van der Waals surface area contributed by atoms with Gasteiger partial charge in [0.25, 0.3) is 5.91 Å². The summed E-state index contributed by atoms with van der Waals surface area (Å²) in [6.07, 6.45) is 6.44. The molecule has 0 N–H and O–H groups in total. The van der Waals surface area contributed by atoms with Gasteiger partial charge in [0, 0.05) is 45.1 Å². The highest BCUT2D eigenvalue weighted by atomic mass is 16.2. The second kappa shape index (κ2) is 8.54. The minimum Gasteiger partial charge on any atom is -0.342 e. The Balaban J connectivity index is 1.29. The van der Waals surface area contributed by atoms with Crippen molar-refractivity contribution in [1.29, 1.82) is 0 Å². The quantitative estimate of drug-likeness (QED) is 0.767. The molecule has 1 aromatic carbocycles. The molecule has 2 aliphatic heterocycles. The Labute approximate surface area is 165 Å². The van der Waals surface area contributed by atoms with Crippen molar-refractivity contribution in [3.05, 3.63) is 47.8 Å². The number of carbonyl (C=O) groups is 2. The van der Waals surface area contributed by atoms with Gasteiger partial charge in [0.2, 0.25) is 5.91 Å². The molecule has 2 fully saturated rings.